The Balaban J connectivity index is 2.23. The van der Waals surface area contributed by atoms with Gasteiger partial charge in [0.2, 0.25) is 0 Å². The zero-order chi connectivity index (χ0) is 24.3. The Bertz CT molecular complexity index is 968. The van der Waals surface area contributed by atoms with Crippen molar-refractivity contribution in [2.45, 2.75) is 39.0 Å². The van der Waals surface area contributed by atoms with E-state index in [9.17, 15) is 40.7 Å². The molecule has 0 fully saturated rings. The van der Waals surface area contributed by atoms with E-state index in [1.807, 2.05) is 0 Å². The van der Waals surface area contributed by atoms with Crippen LogP contribution in [0.3, 0.4) is 0 Å². The van der Waals surface area contributed by atoms with Crippen molar-refractivity contribution in [2.24, 2.45) is 0 Å². The molecule has 7 nitrogen and oxygen atoms in total. The number of halogens is 6. The maximum Gasteiger partial charge on any atom is 0.524 e. The molecule has 0 radical (unpaired) electrons. The van der Waals surface area contributed by atoms with Crippen LogP contribution in [-0.4, -0.2) is 28.1 Å². The van der Waals surface area contributed by atoms with Crippen molar-refractivity contribution in [2.75, 3.05) is 0 Å². The molecular formula is C19H14F6N2O5. The number of nitrogens with zero attached hydrogens (tertiary/aromatic N) is 2. The van der Waals surface area contributed by atoms with Crippen LogP contribution >= 0.6 is 0 Å². The molecule has 13 heteroatoms. The van der Waals surface area contributed by atoms with Crippen LogP contribution in [0, 0.1) is 0 Å². The first-order valence-electron chi connectivity index (χ1n) is 8.88. The molecule has 172 valence electrons. The van der Waals surface area contributed by atoms with Gasteiger partial charge in [0.25, 0.3) is 0 Å². The Kier molecular flexibility index (Phi) is 7.21. The van der Waals surface area contributed by atoms with Crippen LogP contribution in [0.1, 0.15) is 57.1 Å². The summed E-state index contributed by atoms with van der Waals surface area (Å²) in [6.45, 7) is 2.95. The average molecular weight is 464 g/mol. The third kappa shape index (κ3) is 5.80. The molecule has 0 N–H and O–H groups in total. The fourth-order valence-electron chi connectivity index (χ4n) is 2.50. The van der Waals surface area contributed by atoms with Crippen LogP contribution in [0.25, 0.3) is 0 Å². The lowest BCUT2D eigenvalue weighted by molar-refractivity contribution is -0.138. The fraction of sp³-hybridized carbons (Fsp3) is 0.316. The normalized spacial score (nSPS) is 11.8. The SMILES string of the molecule is CCc1ncc(C(F)(F)F)cc1C(=O)OC(=O)OC(=O)c1cc(C(F)(F)F)cnc1CC. The Morgan fingerprint density at radius 2 is 1.09 bits per heavy atom. The van der Waals surface area contributed by atoms with Crippen LogP contribution in [0.5, 0.6) is 0 Å². The molecule has 2 aromatic rings. The molecule has 0 bridgehead atoms. The van der Waals surface area contributed by atoms with Gasteiger partial charge in [0.1, 0.15) is 0 Å². The molecule has 0 atom stereocenters. The van der Waals surface area contributed by atoms with E-state index in [1.54, 1.807) is 0 Å². The third-order valence-electron chi connectivity index (χ3n) is 4.06. The minimum atomic E-state index is -4.84. The minimum Gasteiger partial charge on any atom is -0.356 e. The van der Waals surface area contributed by atoms with E-state index >= 15 is 0 Å². The first kappa shape index (κ1) is 24.8. The summed E-state index contributed by atoms with van der Waals surface area (Å²) in [7, 11) is 0. The van der Waals surface area contributed by atoms with Gasteiger partial charge in [-0.15, -0.1) is 0 Å². The molecule has 0 saturated heterocycles. The number of hydrogen-bond acceptors (Lipinski definition) is 7. The van der Waals surface area contributed by atoms with Gasteiger partial charge in [-0.3, -0.25) is 9.97 Å². The molecule has 2 heterocycles. The van der Waals surface area contributed by atoms with Gasteiger partial charge in [0, 0.05) is 12.4 Å². The van der Waals surface area contributed by atoms with Gasteiger partial charge in [-0.1, -0.05) is 13.8 Å². The standard InChI is InChI=1S/C19H14F6N2O5/c1-3-13-11(5-9(7-26-13)18(20,21)22)15(28)31-17(30)32-16(29)12-6-10(19(23,24)25)8-27-14(12)4-2/h5-8H,3-4H2,1-2H3. The van der Waals surface area contributed by atoms with E-state index in [0.29, 0.717) is 24.5 Å². The molecule has 0 unspecified atom stereocenters. The first-order valence-corrected chi connectivity index (χ1v) is 8.88. The first-order chi connectivity index (χ1) is 14.8. The number of ether oxygens (including phenoxy) is 2. The van der Waals surface area contributed by atoms with Crippen molar-refractivity contribution in [3.8, 4) is 0 Å². The molecule has 0 aromatic carbocycles. The summed E-state index contributed by atoms with van der Waals surface area (Å²) in [5.74, 6) is -3.17. The molecule has 2 rings (SSSR count). The second-order valence-corrected chi connectivity index (χ2v) is 6.17. The van der Waals surface area contributed by atoms with Crippen molar-refractivity contribution in [3.05, 3.63) is 58.2 Å². The molecule has 0 spiro atoms. The highest BCUT2D eigenvalue weighted by molar-refractivity contribution is 6.01. The number of alkyl halides is 6. The van der Waals surface area contributed by atoms with E-state index in [0.717, 1.165) is 0 Å². The lowest BCUT2D eigenvalue weighted by Crippen LogP contribution is -2.21. The smallest absolute Gasteiger partial charge is 0.356 e. The second-order valence-electron chi connectivity index (χ2n) is 6.17. The van der Waals surface area contributed by atoms with Gasteiger partial charge in [0.15, 0.2) is 0 Å². The van der Waals surface area contributed by atoms with Crippen molar-refractivity contribution in [1.29, 1.82) is 0 Å². The van der Waals surface area contributed by atoms with E-state index in [4.69, 9.17) is 0 Å². The van der Waals surface area contributed by atoms with Crippen molar-refractivity contribution in [1.82, 2.24) is 9.97 Å². The lowest BCUT2D eigenvalue weighted by atomic mass is 10.1. The third-order valence-corrected chi connectivity index (χ3v) is 4.06. The molecular weight excluding hydrogens is 450 g/mol. The number of hydrogen-bond donors (Lipinski definition) is 0. The zero-order valence-electron chi connectivity index (χ0n) is 16.4. The topological polar surface area (TPSA) is 95.5 Å². The van der Waals surface area contributed by atoms with E-state index < -0.39 is 52.7 Å². The lowest BCUT2D eigenvalue weighted by Gasteiger charge is -2.12. The highest BCUT2D eigenvalue weighted by Crippen LogP contribution is 2.31. The number of pyridine rings is 2. The number of aromatic nitrogens is 2. The molecule has 32 heavy (non-hydrogen) atoms. The van der Waals surface area contributed by atoms with Crippen molar-refractivity contribution >= 4 is 18.1 Å². The zero-order valence-corrected chi connectivity index (χ0v) is 16.4. The van der Waals surface area contributed by atoms with E-state index in [2.05, 4.69) is 19.4 Å². The van der Waals surface area contributed by atoms with Gasteiger partial charge in [0.05, 0.1) is 33.6 Å². The Hall–Kier alpha value is -3.51. The summed E-state index contributed by atoms with van der Waals surface area (Å²) >= 11 is 0. The second kappa shape index (κ2) is 9.32. The highest BCUT2D eigenvalue weighted by atomic mass is 19.4. The largest absolute Gasteiger partial charge is 0.524 e. The molecule has 0 aliphatic heterocycles. The quantitative estimate of drug-likeness (QED) is 0.365. The minimum absolute atomic E-state index is 0.00626. The predicted octanol–water partition coefficient (Wildman–Crippen LogP) is 4.77. The van der Waals surface area contributed by atoms with Crippen LogP contribution in [-0.2, 0) is 34.7 Å². The fourth-order valence-corrected chi connectivity index (χ4v) is 2.50. The monoisotopic (exact) mass is 464 g/mol. The summed E-state index contributed by atoms with van der Waals surface area (Å²) in [6.07, 6.45) is -10.6. The van der Waals surface area contributed by atoms with Gasteiger partial charge < -0.3 is 9.47 Å². The maximum atomic E-state index is 12.9. The van der Waals surface area contributed by atoms with Gasteiger partial charge in [-0.25, -0.2) is 14.4 Å². The molecule has 0 aliphatic rings. The predicted molar refractivity (Wildman–Crippen MR) is 93.5 cm³/mol. The molecule has 0 saturated carbocycles. The number of rotatable bonds is 4. The molecule has 0 amide bonds. The Labute approximate surface area is 176 Å². The molecule has 2 aromatic heterocycles. The van der Waals surface area contributed by atoms with Crippen LogP contribution < -0.4 is 0 Å². The summed E-state index contributed by atoms with van der Waals surface area (Å²) in [5.41, 5.74) is -4.21. The van der Waals surface area contributed by atoms with Crippen molar-refractivity contribution in [3.63, 3.8) is 0 Å². The summed E-state index contributed by atoms with van der Waals surface area (Å²) in [5, 5.41) is 0. The Morgan fingerprint density at radius 1 is 0.750 bits per heavy atom. The number of carbonyl (C=O) groups is 3. The average Bonchev–Trinajstić information content (AvgIpc) is 2.71. The summed E-state index contributed by atoms with van der Waals surface area (Å²) in [6, 6.07) is 0.824. The number of aryl methyl sites for hydroxylation is 2. The van der Waals surface area contributed by atoms with Crippen LogP contribution in [0.2, 0.25) is 0 Å². The van der Waals surface area contributed by atoms with Crippen LogP contribution in [0.4, 0.5) is 31.1 Å². The van der Waals surface area contributed by atoms with Gasteiger partial charge in [-0.05, 0) is 25.0 Å². The van der Waals surface area contributed by atoms with E-state index in [-0.39, 0.29) is 24.2 Å². The summed E-state index contributed by atoms with van der Waals surface area (Å²) in [4.78, 5) is 43.1. The van der Waals surface area contributed by atoms with E-state index in [1.165, 1.54) is 13.8 Å². The van der Waals surface area contributed by atoms with Crippen LogP contribution in [0.15, 0.2) is 24.5 Å². The summed E-state index contributed by atoms with van der Waals surface area (Å²) < 4.78 is 85.7. The molecule has 0 aliphatic carbocycles. The maximum absolute atomic E-state index is 12.9. The Morgan fingerprint density at radius 3 is 1.38 bits per heavy atom. The van der Waals surface area contributed by atoms with Gasteiger partial charge in [-0.2, -0.15) is 26.3 Å². The van der Waals surface area contributed by atoms with Crippen molar-refractivity contribution < 1.29 is 50.2 Å². The number of esters is 2. The highest BCUT2D eigenvalue weighted by Gasteiger charge is 2.34. The van der Waals surface area contributed by atoms with Gasteiger partial charge >= 0.3 is 30.4 Å². The number of carbonyl (C=O) groups excluding carboxylic acids is 3.